The Kier molecular flexibility index (Phi) is 4.56. The third-order valence-corrected chi connectivity index (χ3v) is 2.47. The third-order valence-electron chi connectivity index (χ3n) is 2.47. The number of carbonyl (C=O) groups excluding carboxylic acids is 1. The van der Waals surface area contributed by atoms with Crippen LogP contribution < -0.4 is 5.32 Å². The molecular weight excluding hydrogens is 240 g/mol. The van der Waals surface area contributed by atoms with Gasteiger partial charge in [-0.2, -0.15) is 0 Å². The van der Waals surface area contributed by atoms with Crippen LogP contribution in [0.15, 0.2) is 24.4 Å². The number of ether oxygens (including phenoxy) is 1. The summed E-state index contributed by atoms with van der Waals surface area (Å²) in [7, 11) is 0. The minimum atomic E-state index is -0.494. The summed E-state index contributed by atoms with van der Waals surface area (Å²) in [6.45, 7) is 11.6. The summed E-state index contributed by atoms with van der Waals surface area (Å²) in [5, 5.41) is 3.16. The molecule has 0 saturated heterocycles. The lowest BCUT2D eigenvalue weighted by Gasteiger charge is -2.32. The van der Waals surface area contributed by atoms with Crippen LogP contribution >= 0.6 is 0 Å². The number of rotatable bonds is 3. The molecule has 1 aromatic heterocycles. The number of hydrogen-bond donors (Lipinski definition) is 1. The fraction of sp³-hybridized carbons (Fsp3) is 0.600. The van der Waals surface area contributed by atoms with Gasteiger partial charge in [0, 0.05) is 6.20 Å². The van der Waals surface area contributed by atoms with E-state index in [2.05, 4.69) is 10.3 Å². The van der Waals surface area contributed by atoms with Crippen molar-refractivity contribution in [1.82, 2.24) is 4.98 Å². The molecule has 0 radical (unpaired) electrons. The minimum Gasteiger partial charge on any atom is -0.458 e. The molecule has 0 saturated carbocycles. The van der Waals surface area contributed by atoms with Crippen molar-refractivity contribution in [1.29, 1.82) is 0 Å². The van der Waals surface area contributed by atoms with Crippen LogP contribution in [0, 0.1) is 5.41 Å². The van der Waals surface area contributed by atoms with Crippen molar-refractivity contribution in [2.75, 3.05) is 5.32 Å². The first-order chi connectivity index (χ1) is 8.59. The monoisotopic (exact) mass is 264 g/mol. The Morgan fingerprint density at radius 1 is 1.21 bits per heavy atom. The van der Waals surface area contributed by atoms with Gasteiger partial charge in [-0.1, -0.05) is 26.8 Å². The van der Waals surface area contributed by atoms with Crippen LogP contribution in [0.3, 0.4) is 0 Å². The highest BCUT2D eigenvalue weighted by atomic mass is 16.6. The van der Waals surface area contributed by atoms with Gasteiger partial charge in [0.05, 0.1) is 0 Å². The Morgan fingerprint density at radius 2 is 1.84 bits per heavy atom. The Morgan fingerprint density at radius 3 is 2.26 bits per heavy atom. The molecule has 0 aliphatic heterocycles. The van der Waals surface area contributed by atoms with Gasteiger partial charge < -0.3 is 10.1 Å². The SMILES string of the molecule is CC(C)(C)OC(=O)C(Nc1ccccn1)C(C)(C)C. The first kappa shape index (κ1) is 15.5. The van der Waals surface area contributed by atoms with Crippen LogP contribution in [0.25, 0.3) is 0 Å². The molecule has 0 aliphatic rings. The summed E-state index contributed by atoms with van der Waals surface area (Å²) in [5.74, 6) is 0.416. The number of nitrogens with one attached hydrogen (secondary N) is 1. The van der Waals surface area contributed by atoms with Crippen molar-refractivity contribution in [2.45, 2.75) is 53.2 Å². The summed E-state index contributed by atoms with van der Waals surface area (Å²) < 4.78 is 5.47. The van der Waals surface area contributed by atoms with Gasteiger partial charge in [0.15, 0.2) is 0 Å². The van der Waals surface area contributed by atoms with Crippen molar-refractivity contribution in [2.24, 2.45) is 5.41 Å². The molecule has 1 rings (SSSR count). The molecule has 0 bridgehead atoms. The molecule has 4 nitrogen and oxygen atoms in total. The number of pyridine rings is 1. The number of hydrogen-bond acceptors (Lipinski definition) is 4. The molecule has 4 heteroatoms. The van der Waals surface area contributed by atoms with Gasteiger partial charge in [-0.05, 0) is 38.3 Å². The van der Waals surface area contributed by atoms with Gasteiger partial charge in [-0.15, -0.1) is 0 Å². The number of esters is 1. The summed E-state index contributed by atoms with van der Waals surface area (Å²) in [4.78, 5) is 16.5. The number of anilines is 1. The van der Waals surface area contributed by atoms with Gasteiger partial charge in [0.25, 0.3) is 0 Å². The predicted octanol–water partition coefficient (Wildman–Crippen LogP) is 3.25. The maximum Gasteiger partial charge on any atom is 0.329 e. The first-order valence-electron chi connectivity index (χ1n) is 6.50. The molecule has 0 spiro atoms. The number of nitrogens with zero attached hydrogens (tertiary/aromatic N) is 1. The zero-order valence-electron chi connectivity index (χ0n) is 12.7. The van der Waals surface area contributed by atoms with Crippen molar-refractivity contribution >= 4 is 11.8 Å². The van der Waals surface area contributed by atoms with Gasteiger partial charge in [0.2, 0.25) is 0 Å². The quantitative estimate of drug-likeness (QED) is 0.851. The van der Waals surface area contributed by atoms with Crippen LogP contribution in [-0.2, 0) is 9.53 Å². The standard InChI is InChI=1S/C15H24N2O2/c1-14(2,3)12(13(18)19-15(4,5)6)17-11-9-7-8-10-16-11/h7-10,12H,1-6H3,(H,16,17). The fourth-order valence-corrected chi connectivity index (χ4v) is 1.59. The minimum absolute atomic E-state index is 0.259. The van der Waals surface area contributed by atoms with E-state index in [4.69, 9.17) is 4.74 Å². The molecule has 0 fully saturated rings. The largest absolute Gasteiger partial charge is 0.458 e. The van der Waals surface area contributed by atoms with Crippen molar-refractivity contribution in [3.8, 4) is 0 Å². The molecular formula is C15H24N2O2. The van der Waals surface area contributed by atoms with Crippen molar-refractivity contribution < 1.29 is 9.53 Å². The normalized spacial score (nSPS) is 13.8. The van der Waals surface area contributed by atoms with E-state index in [1.807, 2.05) is 59.7 Å². The maximum absolute atomic E-state index is 12.3. The highest BCUT2D eigenvalue weighted by molar-refractivity contribution is 5.80. The Hall–Kier alpha value is -1.58. The lowest BCUT2D eigenvalue weighted by atomic mass is 9.86. The summed E-state index contributed by atoms with van der Waals surface area (Å²) >= 11 is 0. The van der Waals surface area contributed by atoms with Gasteiger partial charge in [0.1, 0.15) is 17.5 Å². The second-order valence-electron chi connectivity index (χ2n) is 6.69. The zero-order valence-corrected chi connectivity index (χ0v) is 12.7. The maximum atomic E-state index is 12.3. The van der Waals surface area contributed by atoms with Gasteiger partial charge in [-0.3, -0.25) is 0 Å². The molecule has 1 aromatic rings. The van der Waals surface area contributed by atoms with Crippen LogP contribution in [0.4, 0.5) is 5.82 Å². The molecule has 106 valence electrons. The zero-order chi connectivity index (χ0) is 14.7. The second-order valence-corrected chi connectivity index (χ2v) is 6.69. The van der Waals surface area contributed by atoms with E-state index < -0.39 is 11.6 Å². The molecule has 1 unspecified atom stereocenters. The number of carbonyl (C=O) groups is 1. The molecule has 0 aliphatic carbocycles. The van der Waals surface area contributed by atoms with Crippen molar-refractivity contribution in [3.05, 3.63) is 24.4 Å². The Balaban J connectivity index is 2.88. The summed E-state index contributed by atoms with van der Waals surface area (Å²) in [6.07, 6.45) is 1.69. The highest BCUT2D eigenvalue weighted by Crippen LogP contribution is 2.25. The third kappa shape index (κ3) is 5.28. The topological polar surface area (TPSA) is 51.2 Å². The number of aromatic nitrogens is 1. The smallest absolute Gasteiger partial charge is 0.329 e. The first-order valence-corrected chi connectivity index (χ1v) is 6.50. The van der Waals surface area contributed by atoms with E-state index in [9.17, 15) is 4.79 Å². The predicted molar refractivity (Wildman–Crippen MR) is 76.9 cm³/mol. The van der Waals surface area contributed by atoms with Gasteiger partial charge in [-0.25, -0.2) is 9.78 Å². The second kappa shape index (κ2) is 5.59. The molecule has 1 N–H and O–H groups in total. The van der Waals surface area contributed by atoms with Crippen LogP contribution in [0.5, 0.6) is 0 Å². The molecule has 0 aromatic carbocycles. The average Bonchev–Trinajstić information content (AvgIpc) is 2.23. The lowest BCUT2D eigenvalue weighted by Crippen LogP contribution is -2.45. The highest BCUT2D eigenvalue weighted by Gasteiger charge is 2.35. The van der Waals surface area contributed by atoms with Crippen LogP contribution in [0.1, 0.15) is 41.5 Å². The van der Waals surface area contributed by atoms with E-state index >= 15 is 0 Å². The average molecular weight is 264 g/mol. The van der Waals surface area contributed by atoms with E-state index in [-0.39, 0.29) is 11.4 Å². The molecule has 1 atom stereocenters. The molecule has 0 amide bonds. The van der Waals surface area contributed by atoms with E-state index in [0.717, 1.165) is 0 Å². The van der Waals surface area contributed by atoms with E-state index in [0.29, 0.717) is 5.82 Å². The Labute approximate surface area is 115 Å². The molecule has 1 heterocycles. The Bertz CT molecular complexity index is 416. The van der Waals surface area contributed by atoms with Gasteiger partial charge >= 0.3 is 5.97 Å². The van der Waals surface area contributed by atoms with E-state index in [1.54, 1.807) is 6.20 Å². The van der Waals surface area contributed by atoms with E-state index in [1.165, 1.54) is 0 Å². The van der Waals surface area contributed by atoms with Crippen LogP contribution in [-0.4, -0.2) is 22.6 Å². The summed E-state index contributed by atoms with van der Waals surface area (Å²) in [5.41, 5.74) is -0.758. The fourth-order valence-electron chi connectivity index (χ4n) is 1.59. The molecule has 19 heavy (non-hydrogen) atoms. The van der Waals surface area contributed by atoms with Crippen molar-refractivity contribution in [3.63, 3.8) is 0 Å². The van der Waals surface area contributed by atoms with Crippen LogP contribution in [0.2, 0.25) is 0 Å². The lowest BCUT2D eigenvalue weighted by molar-refractivity contribution is -0.158. The summed E-state index contributed by atoms with van der Waals surface area (Å²) in [6, 6.07) is 5.11.